The van der Waals surface area contributed by atoms with Crippen LogP contribution < -0.4 is 0 Å². The maximum absolute atomic E-state index is 11.0. The molecule has 0 aliphatic heterocycles. The number of aliphatic carboxylic acids is 1. The lowest BCUT2D eigenvalue weighted by atomic mass is 10.1. The lowest BCUT2D eigenvalue weighted by molar-refractivity contribution is -0.136. The standard InChI is InChI=1S/C15H14N4O2/c1-9-12(7-15(20)21)10(2)19(18-9)14-8-16-17-13-6-4-3-5-11(13)14/h3-6,8H,7H2,1-2H3,(H,20,21). The van der Waals surface area contributed by atoms with E-state index in [9.17, 15) is 4.79 Å². The number of aromatic nitrogens is 4. The lowest BCUT2D eigenvalue weighted by Gasteiger charge is -2.07. The number of aryl methyl sites for hydroxylation is 1. The van der Waals surface area contributed by atoms with Crippen LogP contribution in [0, 0.1) is 13.8 Å². The largest absolute Gasteiger partial charge is 0.481 e. The predicted octanol–water partition coefficient (Wildman–Crippen LogP) is 2.06. The molecule has 0 fully saturated rings. The van der Waals surface area contributed by atoms with E-state index >= 15 is 0 Å². The summed E-state index contributed by atoms with van der Waals surface area (Å²) < 4.78 is 1.74. The smallest absolute Gasteiger partial charge is 0.307 e. The van der Waals surface area contributed by atoms with E-state index in [-0.39, 0.29) is 6.42 Å². The van der Waals surface area contributed by atoms with Gasteiger partial charge in [0.25, 0.3) is 0 Å². The van der Waals surface area contributed by atoms with Crippen LogP contribution in [0.1, 0.15) is 17.0 Å². The molecule has 1 N–H and O–H groups in total. The highest BCUT2D eigenvalue weighted by Gasteiger charge is 2.17. The topological polar surface area (TPSA) is 80.9 Å². The summed E-state index contributed by atoms with van der Waals surface area (Å²) in [6.45, 7) is 3.69. The third kappa shape index (κ3) is 2.24. The first-order valence-corrected chi connectivity index (χ1v) is 6.55. The van der Waals surface area contributed by atoms with Gasteiger partial charge in [-0.25, -0.2) is 4.68 Å². The van der Waals surface area contributed by atoms with Crippen LogP contribution in [0.15, 0.2) is 30.5 Å². The van der Waals surface area contributed by atoms with Crippen LogP contribution in [-0.2, 0) is 11.2 Å². The van der Waals surface area contributed by atoms with Crippen LogP contribution in [0.25, 0.3) is 16.6 Å². The third-order valence-electron chi connectivity index (χ3n) is 3.52. The summed E-state index contributed by atoms with van der Waals surface area (Å²) in [5.74, 6) is -0.863. The Morgan fingerprint density at radius 3 is 2.81 bits per heavy atom. The van der Waals surface area contributed by atoms with Gasteiger partial charge in [0.2, 0.25) is 0 Å². The van der Waals surface area contributed by atoms with E-state index in [0.717, 1.165) is 33.5 Å². The van der Waals surface area contributed by atoms with Crippen molar-refractivity contribution in [1.29, 1.82) is 0 Å². The maximum Gasteiger partial charge on any atom is 0.307 e. The highest BCUT2D eigenvalue weighted by Crippen LogP contribution is 2.23. The van der Waals surface area contributed by atoms with Gasteiger partial charge < -0.3 is 5.11 Å². The zero-order chi connectivity index (χ0) is 15.0. The van der Waals surface area contributed by atoms with Gasteiger partial charge in [-0.2, -0.15) is 15.3 Å². The van der Waals surface area contributed by atoms with E-state index in [1.165, 1.54) is 0 Å². The highest BCUT2D eigenvalue weighted by molar-refractivity contribution is 5.86. The number of rotatable bonds is 3. The van der Waals surface area contributed by atoms with Crippen molar-refractivity contribution in [2.75, 3.05) is 0 Å². The van der Waals surface area contributed by atoms with Crippen molar-refractivity contribution in [2.45, 2.75) is 20.3 Å². The van der Waals surface area contributed by atoms with Crippen LogP contribution in [0.3, 0.4) is 0 Å². The Kier molecular flexibility index (Phi) is 3.13. The zero-order valence-corrected chi connectivity index (χ0v) is 11.7. The normalized spacial score (nSPS) is 11.0. The molecule has 6 nitrogen and oxygen atoms in total. The Hall–Kier alpha value is -2.76. The minimum atomic E-state index is -0.863. The van der Waals surface area contributed by atoms with Gasteiger partial charge in [0.05, 0.1) is 29.5 Å². The summed E-state index contributed by atoms with van der Waals surface area (Å²) in [6.07, 6.45) is 1.61. The van der Waals surface area contributed by atoms with Gasteiger partial charge in [-0.15, -0.1) is 0 Å². The summed E-state index contributed by atoms with van der Waals surface area (Å²) in [5, 5.41) is 22.5. The average molecular weight is 282 g/mol. The Morgan fingerprint density at radius 2 is 2.05 bits per heavy atom. The summed E-state index contributed by atoms with van der Waals surface area (Å²) >= 11 is 0. The van der Waals surface area contributed by atoms with Crippen molar-refractivity contribution < 1.29 is 9.90 Å². The lowest BCUT2D eigenvalue weighted by Crippen LogP contribution is -2.04. The van der Waals surface area contributed by atoms with E-state index in [2.05, 4.69) is 15.3 Å². The molecule has 0 saturated heterocycles. The summed E-state index contributed by atoms with van der Waals surface area (Å²) in [5.41, 5.74) is 3.85. The van der Waals surface area contributed by atoms with E-state index in [0.29, 0.717) is 0 Å². The van der Waals surface area contributed by atoms with Crippen molar-refractivity contribution in [3.63, 3.8) is 0 Å². The molecule has 3 rings (SSSR count). The minimum Gasteiger partial charge on any atom is -0.481 e. The Bertz CT molecular complexity index is 834. The van der Waals surface area contributed by atoms with Crippen molar-refractivity contribution >= 4 is 16.9 Å². The van der Waals surface area contributed by atoms with Crippen LogP contribution in [0.2, 0.25) is 0 Å². The molecule has 3 aromatic rings. The van der Waals surface area contributed by atoms with Gasteiger partial charge >= 0.3 is 5.97 Å². The molecule has 21 heavy (non-hydrogen) atoms. The number of hydrogen-bond acceptors (Lipinski definition) is 4. The number of carboxylic acids is 1. The molecule has 0 atom stereocenters. The van der Waals surface area contributed by atoms with Crippen molar-refractivity contribution in [1.82, 2.24) is 20.0 Å². The van der Waals surface area contributed by atoms with E-state index in [1.807, 2.05) is 38.1 Å². The molecular formula is C15H14N4O2. The second-order valence-electron chi connectivity index (χ2n) is 4.88. The first kappa shape index (κ1) is 13.2. The monoisotopic (exact) mass is 282 g/mol. The van der Waals surface area contributed by atoms with E-state index < -0.39 is 5.97 Å². The van der Waals surface area contributed by atoms with Gasteiger partial charge in [0.1, 0.15) is 0 Å². The van der Waals surface area contributed by atoms with Gasteiger partial charge in [0, 0.05) is 16.6 Å². The number of fused-ring (bicyclic) bond motifs is 1. The van der Waals surface area contributed by atoms with Crippen LogP contribution in [0.5, 0.6) is 0 Å². The van der Waals surface area contributed by atoms with Gasteiger partial charge in [-0.05, 0) is 19.9 Å². The molecule has 2 aromatic heterocycles. The Balaban J connectivity index is 2.22. The highest BCUT2D eigenvalue weighted by atomic mass is 16.4. The van der Waals surface area contributed by atoms with Gasteiger partial charge in [0.15, 0.2) is 0 Å². The maximum atomic E-state index is 11.0. The molecule has 0 radical (unpaired) electrons. The number of benzene rings is 1. The molecule has 0 bridgehead atoms. The van der Waals surface area contributed by atoms with Gasteiger partial charge in [-0.1, -0.05) is 18.2 Å². The number of nitrogens with zero attached hydrogens (tertiary/aromatic N) is 4. The first-order valence-electron chi connectivity index (χ1n) is 6.55. The summed E-state index contributed by atoms with van der Waals surface area (Å²) in [6, 6.07) is 7.66. The molecule has 0 aliphatic rings. The molecule has 0 unspecified atom stereocenters. The number of carbonyl (C=O) groups is 1. The average Bonchev–Trinajstić information content (AvgIpc) is 2.74. The summed E-state index contributed by atoms with van der Waals surface area (Å²) in [4.78, 5) is 11.0. The second kappa shape index (κ2) is 4.97. The number of hydrogen-bond donors (Lipinski definition) is 1. The molecular weight excluding hydrogens is 268 g/mol. The van der Waals surface area contributed by atoms with E-state index in [1.54, 1.807) is 10.9 Å². The molecule has 1 aromatic carbocycles. The Morgan fingerprint density at radius 1 is 1.29 bits per heavy atom. The fourth-order valence-corrected chi connectivity index (χ4v) is 2.48. The van der Waals surface area contributed by atoms with Gasteiger partial charge in [-0.3, -0.25) is 4.79 Å². The molecule has 106 valence electrons. The predicted molar refractivity (Wildman–Crippen MR) is 77.5 cm³/mol. The van der Waals surface area contributed by atoms with Crippen LogP contribution >= 0.6 is 0 Å². The van der Waals surface area contributed by atoms with Crippen molar-refractivity contribution in [3.05, 3.63) is 47.4 Å². The Labute approximate surface area is 121 Å². The number of carboxylic acid groups (broad SMARTS) is 1. The molecule has 2 heterocycles. The first-order chi connectivity index (χ1) is 10.1. The fourth-order valence-electron chi connectivity index (χ4n) is 2.48. The van der Waals surface area contributed by atoms with E-state index in [4.69, 9.17) is 5.11 Å². The minimum absolute atomic E-state index is 0.0336. The fraction of sp³-hybridized carbons (Fsp3) is 0.200. The molecule has 6 heteroatoms. The molecule has 0 spiro atoms. The van der Waals surface area contributed by atoms with Crippen molar-refractivity contribution in [3.8, 4) is 5.69 Å². The van der Waals surface area contributed by atoms with Crippen LogP contribution in [0.4, 0.5) is 0 Å². The summed E-state index contributed by atoms with van der Waals surface area (Å²) in [7, 11) is 0. The zero-order valence-electron chi connectivity index (χ0n) is 11.7. The molecule has 0 saturated carbocycles. The third-order valence-corrected chi connectivity index (χ3v) is 3.52. The van der Waals surface area contributed by atoms with Crippen molar-refractivity contribution in [2.24, 2.45) is 0 Å². The molecule has 0 aliphatic carbocycles. The SMILES string of the molecule is Cc1nn(-c2cnnc3ccccc23)c(C)c1CC(=O)O. The second-order valence-corrected chi connectivity index (χ2v) is 4.88. The molecule has 0 amide bonds. The van der Waals surface area contributed by atoms with Crippen LogP contribution in [-0.4, -0.2) is 31.1 Å². The quantitative estimate of drug-likeness (QED) is 0.795.